The summed E-state index contributed by atoms with van der Waals surface area (Å²) < 4.78 is 5.69. The summed E-state index contributed by atoms with van der Waals surface area (Å²) in [7, 11) is 0. The lowest BCUT2D eigenvalue weighted by Gasteiger charge is -2.25. The van der Waals surface area contributed by atoms with Gasteiger partial charge in [-0.2, -0.15) is 0 Å². The van der Waals surface area contributed by atoms with E-state index in [0.29, 0.717) is 6.42 Å². The highest BCUT2D eigenvalue weighted by atomic mass is 16.5. The molecular weight excluding hydrogens is 200 g/mol. The van der Waals surface area contributed by atoms with Crippen LogP contribution in [-0.4, -0.2) is 12.4 Å². The lowest BCUT2D eigenvalue weighted by atomic mass is 9.79. The molecule has 0 aliphatic carbocycles. The summed E-state index contributed by atoms with van der Waals surface area (Å²) in [4.78, 5) is 11.3. The van der Waals surface area contributed by atoms with Crippen LogP contribution in [0.3, 0.4) is 0 Å². The molecule has 1 aliphatic heterocycles. The van der Waals surface area contributed by atoms with Crippen molar-refractivity contribution in [2.45, 2.75) is 39.0 Å². The molecule has 1 aromatic rings. The molecule has 0 spiro atoms. The fraction of sp³-hybridized carbons (Fsp3) is 0.500. The van der Waals surface area contributed by atoms with Crippen molar-refractivity contribution in [2.24, 2.45) is 0 Å². The van der Waals surface area contributed by atoms with Gasteiger partial charge in [0.25, 0.3) is 0 Å². The number of benzene rings is 1. The lowest BCUT2D eigenvalue weighted by Crippen LogP contribution is -2.21. The van der Waals surface area contributed by atoms with E-state index in [1.807, 2.05) is 0 Å². The van der Waals surface area contributed by atoms with E-state index in [1.165, 1.54) is 5.56 Å². The van der Waals surface area contributed by atoms with Crippen LogP contribution in [0.25, 0.3) is 0 Å². The van der Waals surface area contributed by atoms with Gasteiger partial charge in [-0.05, 0) is 12.5 Å². The van der Waals surface area contributed by atoms with E-state index in [9.17, 15) is 4.79 Å². The maximum atomic E-state index is 11.3. The molecule has 2 heteroatoms. The number of Topliss-reactive ketones (excluding diaryl/α,β-unsaturated/α-hetero) is 1. The van der Waals surface area contributed by atoms with Crippen LogP contribution in [0.2, 0.25) is 0 Å². The topological polar surface area (TPSA) is 26.3 Å². The zero-order valence-corrected chi connectivity index (χ0v) is 10.2. The third-order valence-electron chi connectivity index (χ3n) is 3.13. The van der Waals surface area contributed by atoms with Crippen molar-refractivity contribution in [3.63, 3.8) is 0 Å². The molecule has 1 heterocycles. The summed E-state index contributed by atoms with van der Waals surface area (Å²) in [5.74, 6) is 1.23. The van der Waals surface area contributed by atoms with Crippen molar-refractivity contribution in [1.29, 1.82) is 0 Å². The van der Waals surface area contributed by atoms with Crippen molar-refractivity contribution in [3.05, 3.63) is 29.3 Å². The van der Waals surface area contributed by atoms with Gasteiger partial charge in [0, 0.05) is 23.8 Å². The molecule has 1 aliphatic rings. The van der Waals surface area contributed by atoms with Crippen molar-refractivity contribution in [1.82, 2.24) is 0 Å². The zero-order chi connectivity index (χ0) is 11.8. The largest absolute Gasteiger partial charge is 0.493 e. The number of carbonyl (C=O) groups is 1. The molecule has 0 saturated heterocycles. The average molecular weight is 218 g/mol. The van der Waals surface area contributed by atoms with Crippen LogP contribution >= 0.6 is 0 Å². The van der Waals surface area contributed by atoms with Crippen LogP contribution in [0.1, 0.15) is 38.3 Å². The molecule has 0 aromatic heterocycles. The van der Waals surface area contributed by atoms with E-state index in [-0.39, 0.29) is 11.2 Å². The van der Waals surface area contributed by atoms with Gasteiger partial charge in [0.15, 0.2) is 0 Å². The summed E-state index contributed by atoms with van der Waals surface area (Å²) in [6.45, 7) is 6.62. The fourth-order valence-corrected chi connectivity index (χ4v) is 2.47. The first-order valence-electron chi connectivity index (χ1n) is 5.75. The molecular formula is C14H18O2. The molecule has 16 heavy (non-hydrogen) atoms. The number of carbonyl (C=O) groups excluding carboxylic acids is 1. The lowest BCUT2D eigenvalue weighted by molar-refractivity contribution is -0.118. The van der Waals surface area contributed by atoms with Crippen LogP contribution in [0.4, 0.5) is 0 Å². The minimum atomic E-state index is -0.137. The first-order chi connectivity index (χ1) is 7.50. The number of rotatable bonds is 3. The maximum absolute atomic E-state index is 11.3. The second-order valence-electron chi connectivity index (χ2n) is 5.15. The van der Waals surface area contributed by atoms with E-state index in [2.05, 4.69) is 32.0 Å². The standard InChI is InChI=1S/C14H18O2/c1-10(15)9-14(2,3)12-6-4-5-11-7-8-16-13(11)12/h4-6H,7-9H2,1-3H3. The highest BCUT2D eigenvalue weighted by Gasteiger charge is 2.29. The van der Waals surface area contributed by atoms with Gasteiger partial charge < -0.3 is 4.74 Å². The molecule has 0 amide bonds. The maximum Gasteiger partial charge on any atom is 0.130 e. The summed E-state index contributed by atoms with van der Waals surface area (Å²) in [5.41, 5.74) is 2.30. The van der Waals surface area contributed by atoms with Gasteiger partial charge in [0.2, 0.25) is 0 Å². The number of fused-ring (bicyclic) bond motifs is 1. The zero-order valence-electron chi connectivity index (χ0n) is 10.2. The Balaban J connectivity index is 2.40. The Labute approximate surface area is 96.6 Å². The van der Waals surface area contributed by atoms with Crippen molar-refractivity contribution in [3.8, 4) is 5.75 Å². The first-order valence-corrected chi connectivity index (χ1v) is 5.75. The smallest absolute Gasteiger partial charge is 0.130 e. The van der Waals surface area contributed by atoms with E-state index in [1.54, 1.807) is 6.92 Å². The van der Waals surface area contributed by atoms with Gasteiger partial charge in [-0.15, -0.1) is 0 Å². The third kappa shape index (κ3) is 1.97. The normalized spacial score (nSPS) is 14.4. The molecule has 0 N–H and O–H groups in total. The molecule has 0 fully saturated rings. The highest BCUT2D eigenvalue weighted by Crippen LogP contribution is 2.39. The molecule has 0 radical (unpaired) electrons. The fourth-order valence-electron chi connectivity index (χ4n) is 2.47. The Hall–Kier alpha value is -1.31. The third-order valence-corrected chi connectivity index (χ3v) is 3.13. The van der Waals surface area contributed by atoms with Crippen LogP contribution in [0.15, 0.2) is 18.2 Å². The monoisotopic (exact) mass is 218 g/mol. The number of ether oxygens (including phenoxy) is 1. The summed E-state index contributed by atoms with van der Waals surface area (Å²) in [6.07, 6.45) is 1.55. The number of ketones is 1. The van der Waals surface area contributed by atoms with Gasteiger partial charge in [-0.25, -0.2) is 0 Å². The van der Waals surface area contributed by atoms with Crippen molar-refractivity contribution < 1.29 is 9.53 Å². The number of hydrogen-bond donors (Lipinski definition) is 0. The summed E-state index contributed by atoms with van der Waals surface area (Å²) in [5, 5.41) is 0. The molecule has 0 saturated carbocycles. The molecule has 2 rings (SSSR count). The van der Waals surface area contributed by atoms with Crippen LogP contribution < -0.4 is 4.74 Å². The molecule has 0 atom stereocenters. The molecule has 1 aromatic carbocycles. The van der Waals surface area contributed by atoms with Gasteiger partial charge in [0.05, 0.1) is 6.61 Å². The Morgan fingerprint density at radius 1 is 1.44 bits per heavy atom. The summed E-state index contributed by atoms with van der Waals surface area (Å²) in [6, 6.07) is 6.24. The Bertz CT molecular complexity index is 419. The van der Waals surface area contributed by atoms with Crippen LogP contribution in [0.5, 0.6) is 5.75 Å². The first kappa shape index (κ1) is 11.2. The van der Waals surface area contributed by atoms with Crippen LogP contribution in [0, 0.1) is 0 Å². The molecule has 0 unspecified atom stereocenters. The number of para-hydroxylation sites is 1. The second-order valence-corrected chi connectivity index (χ2v) is 5.15. The molecule has 86 valence electrons. The van der Waals surface area contributed by atoms with Gasteiger partial charge in [-0.1, -0.05) is 32.0 Å². The van der Waals surface area contributed by atoms with Crippen LogP contribution in [-0.2, 0) is 16.6 Å². The van der Waals surface area contributed by atoms with Gasteiger partial charge in [-0.3, -0.25) is 4.79 Å². The minimum absolute atomic E-state index is 0.137. The predicted molar refractivity (Wildman–Crippen MR) is 64.0 cm³/mol. The predicted octanol–water partition coefficient (Wildman–Crippen LogP) is 2.88. The summed E-state index contributed by atoms with van der Waals surface area (Å²) >= 11 is 0. The molecule has 2 nitrogen and oxygen atoms in total. The second kappa shape index (κ2) is 3.93. The quantitative estimate of drug-likeness (QED) is 0.779. The van der Waals surface area contributed by atoms with E-state index >= 15 is 0 Å². The van der Waals surface area contributed by atoms with Crippen molar-refractivity contribution in [2.75, 3.05) is 6.61 Å². The van der Waals surface area contributed by atoms with E-state index in [0.717, 1.165) is 24.3 Å². The Morgan fingerprint density at radius 2 is 2.19 bits per heavy atom. The van der Waals surface area contributed by atoms with E-state index < -0.39 is 0 Å². The highest BCUT2D eigenvalue weighted by molar-refractivity contribution is 5.77. The molecule has 0 bridgehead atoms. The SMILES string of the molecule is CC(=O)CC(C)(C)c1cccc2c1OCC2. The van der Waals surface area contributed by atoms with Crippen molar-refractivity contribution >= 4 is 5.78 Å². The average Bonchev–Trinajstić information content (AvgIpc) is 2.62. The Morgan fingerprint density at radius 3 is 2.88 bits per heavy atom. The minimum Gasteiger partial charge on any atom is -0.493 e. The Kier molecular flexibility index (Phi) is 2.75. The van der Waals surface area contributed by atoms with E-state index in [4.69, 9.17) is 4.74 Å². The number of hydrogen-bond acceptors (Lipinski definition) is 2. The van der Waals surface area contributed by atoms with Gasteiger partial charge >= 0.3 is 0 Å². The van der Waals surface area contributed by atoms with Gasteiger partial charge in [0.1, 0.15) is 11.5 Å².